The van der Waals surface area contributed by atoms with E-state index >= 15 is 0 Å². The number of unbranched alkanes of at least 4 members (excludes halogenated alkanes) is 9. The summed E-state index contributed by atoms with van der Waals surface area (Å²) in [7, 11) is 0. The van der Waals surface area contributed by atoms with Gasteiger partial charge in [-0.15, -0.1) is 0 Å². The maximum absolute atomic E-state index is 5.63. The number of rotatable bonds is 27. The predicted octanol–water partition coefficient (Wildman–Crippen LogP) is 5.53. The molecular formula is C27H54O7. The van der Waals surface area contributed by atoms with Crippen molar-refractivity contribution < 1.29 is 33.2 Å². The molecule has 34 heavy (non-hydrogen) atoms. The minimum Gasteiger partial charge on any atom is -0.379 e. The van der Waals surface area contributed by atoms with Gasteiger partial charge in [-0.1, -0.05) is 64.7 Å². The summed E-state index contributed by atoms with van der Waals surface area (Å²) in [5.41, 5.74) is 0. The van der Waals surface area contributed by atoms with Gasteiger partial charge >= 0.3 is 0 Å². The number of hydrogen-bond acceptors (Lipinski definition) is 7. The van der Waals surface area contributed by atoms with Crippen molar-refractivity contribution in [2.45, 2.75) is 96.7 Å². The molecule has 7 heteroatoms. The Labute approximate surface area is 209 Å². The Morgan fingerprint density at radius 1 is 0.500 bits per heavy atom. The zero-order chi connectivity index (χ0) is 24.2. The summed E-state index contributed by atoms with van der Waals surface area (Å²) in [6.07, 6.45) is 16.8. The molecule has 1 aliphatic heterocycles. The molecule has 0 aliphatic carbocycles. The van der Waals surface area contributed by atoms with Crippen molar-refractivity contribution in [3.05, 3.63) is 0 Å². The molecule has 1 unspecified atom stereocenters. The summed E-state index contributed by atoms with van der Waals surface area (Å²) in [5, 5.41) is 0. The van der Waals surface area contributed by atoms with E-state index in [4.69, 9.17) is 33.2 Å². The first-order chi connectivity index (χ1) is 16.9. The van der Waals surface area contributed by atoms with Crippen molar-refractivity contribution in [3.8, 4) is 0 Å². The smallest absolute Gasteiger partial charge is 0.157 e. The van der Waals surface area contributed by atoms with E-state index in [0.29, 0.717) is 66.1 Å². The Bertz CT molecular complexity index is 378. The van der Waals surface area contributed by atoms with Crippen molar-refractivity contribution in [2.75, 3.05) is 79.3 Å². The summed E-state index contributed by atoms with van der Waals surface area (Å²) >= 11 is 0. The third-order valence-corrected chi connectivity index (χ3v) is 5.80. The van der Waals surface area contributed by atoms with Crippen LogP contribution in [0.3, 0.4) is 0 Å². The lowest BCUT2D eigenvalue weighted by Gasteiger charge is -2.22. The zero-order valence-electron chi connectivity index (χ0n) is 22.1. The van der Waals surface area contributed by atoms with Crippen molar-refractivity contribution in [1.82, 2.24) is 0 Å². The Morgan fingerprint density at radius 3 is 1.41 bits per heavy atom. The van der Waals surface area contributed by atoms with Crippen molar-refractivity contribution in [3.63, 3.8) is 0 Å². The highest BCUT2D eigenvalue weighted by Crippen LogP contribution is 2.13. The van der Waals surface area contributed by atoms with Gasteiger partial charge in [0.25, 0.3) is 0 Å². The SMILES string of the molecule is CCCCCCCCCCCCOCCOCCOCCOCCOCCOC1CCCCO1. The fraction of sp³-hybridized carbons (Fsp3) is 1.00. The first-order valence-corrected chi connectivity index (χ1v) is 14.1. The molecule has 0 amide bonds. The van der Waals surface area contributed by atoms with Crippen LogP contribution in [0.15, 0.2) is 0 Å². The van der Waals surface area contributed by atoms with Crippen LogP contribution in [0.25, 0.3) is 0 Å². The lowest BCUT2D eigenvalue weighted by molar-refractivity contribution is -0.169. The third kappa shape index (κ3) is 23.5. The molecule has 1 atom stereocenters. The Balaban J connectivity index is 1.61. The average molecular weight is 491 g/mol. The Morgan fingerprint density at radius 2 is 0.941 bits per heavy atom. The molecule has 1 heterocycles. The molecule has 7 nitrogen and oxygen atoms in total. The van der Waals surface area contributed by atoms with Crippen LogP contribution in [0.1, 0.15) is 90.4 Å². The van der Waals surface area contributed by atoms with E-state index in [2.05, 4.69) is 6.92 Å². The van der Waals surface area contributed by atoms with Crippen LogP contribution in [0.2, 0.25) is 0 Å². The second-order valence-electron chi connectivity index (χ2n) is 8.91. The van der Waals surface area contributed by atoms with Gasteiger partial charge in [-0.3, -0.25) is 0 Å². The lowest BCUT2D eigenvalue weighted by Crippen LogP contribution is -2.24. The number of ether oxygens (including phenoxy) is 7. The predicted molar refractivity (Wildman–Crippen MR) is 135 cm³/mol. The van der Waals surface area contributed by atoms with Gasteiger partial charge in [-0.2, -0.15) is 0 Å². The van der Waals surface area contributed by atoms with E-state index < -0.39 is 0 Å². The summed E-state index contributed by atoms with van der Waals surface area (Å²) < 4.78 is 38.7. The molecule has 0 bridgehead atoms. The highest BCUT2D eigenvalue weighted by Gasteiger charge is 2.13. The summed E-state index contributed by atoms with van der Waals surface area (Å²) in [6.45, 7) is 9.80. The minimum absolute atomic E-state index is 0.0448. The van der Waals surface area contributed by atoms with Gasteiger partial charge in [0.2, 0.25) is 0 Å². The van der Waals surface area contributed by atoms with Gasteiger partial charge in [0.15, 0.2) is 6.29 Å². The van der Waals surface area contributed by atoms with Crippen LogP contribution in [0.4, 0.5) is 0 Å². The van der Waals surface area contributed by atoms with Crippen molar-refractivity contribution in [1.29, 1.82) is 0 Å². The molecule has 0 aromatic rings. The van der Waals surface area contributed by atoms with Crippen LogP contribution < -0.4 is 0 Å². The van der Waals surface area contributed by atoms with Crippen LogP contribution >= 0.6 is 0 Å². The van der Waals surface area contributed by atoms with E-state index in [1.54, 1.807) is 0 Å². The fourth-order valence-corrected chi connectivity index (χ4v) is 3.75. The first-order valence-electron chi connectivity index (χ1n) is 14.1. The highest BCUT2D eigenvalue weighted by molar-refractivity contribution is 4.53. The standard InChI is InChI=1S/C27H54O7/c1-2-3-4-5-6-7-8-9-10-12-15-28-17-18-29-19-20-30-21-22-31-23-24-32-25-26-34-27-14-11-13-16-33-27/h27H,2-26H2,1H3. The van der Waals surface area contributed by atoms with Gasteiger partial charge < -0.3 is 33.2 Å². The second kappa shape index (κ2) is 27.3. The largest absolute Gasteiger partial charge is 0.379 e. The molecule has 0 radical (unpaired) electrons. The maximum atomic E-state index is 5.63. The zero-order valence-corrected chi connectivity index (χ0v) is 22.1. The average Bonchev–Trinajstić information content (AvgIpc) is 2.87. The molecule has 1 fully saturated rings. The second-order valence-corrected chi connectivity index (χ2v) is 8.91. The van der Waals surface area contributed by atoms with Crippen LogP contribution in [-0.2, 0) is 33.2 Å². The lowest BCUT2D eigenvalue weighted by atomic mass is 10.1. The van der Waals surface area contributed by atoms with Gasteiger partial charge in [0.05, 0.1) is 66.1 Å². The fourth-order valence-electron chi connectivity index (χ4n) is 3.75. The monoisotopic (exact) mass is 490 g/mol. The molecular weight excluding hydrogens is 436 g/mol. The third-order valence-electron chi connectivity index (χ3n) is 5.80. The molecule has 1 saturated heterocycles. The van der Waals surface area contributed by atoms with Gasteiger partial charge in [-0.25, -0.2) is 0 Å². The molecule has 0 N–H and O–H groups in total. The normalized spacial score (nSPS) is 16.3. The van der Waals surface area contributed by atoms with E-state index in [0.717, 1.165) is 32.5 Å². The van der Waals surface area contributed by atoms with Gasteiger partial charge in [0.1, 0.15) is 0 Å². The molecule has 1 rings (SSSR count). The maximum Gasteiger partial charge on any atom is 0.157 e. The Kier molecular flexibility index (Phi) is 25.5. The molecule has 0 spiro atoms. The quantitative estimate of drug-likeness (QED) is 0.140. The van der Waals surface area contributed by atoms with Crippen molar-refractivity contribution in [2.24, 2.45) is 0 Å². The topological polar surface area (TPSA) is 64.6 Å². The van der Waals surface area contributed by atoms with Crippen molar-refractivity contribution >= 4 is 0 Å². The van der Waals surface area contributed by atoms with Crippen LogP contribution in [0, 0.1) is 0 Å². The molecule has 0 aromatic heterocycles. The van der Waals surface area contributed by atoms with E-state index in [1.807, 2.05) is 0 Å². The van der Waals surface area contributed by atoms with Gasteiger partial charge in [-0.05, 0) is 25.7 Å². The summed E-state index contributed by atoms with van der Waals surface area (Å²) in [6, 6.07) is 0. The molecule has 0 saturated carbocycles. The van der Waals surface area contributed by atoms with Gasteiger partial charge in [0, 0.05) is 13.2 Å². The van der Waals surface area contributed by atoms with E-state index in [9.17, 15) is 0 Å². The Hall–Kier alpha value is -0.280. The first kappa shape index (κ1) is 31.7. The molecule has 1 aliphatic rings. The summed E-state index contributed by atoms with van der Waals surface area (Å²) in [4.78, 5) is 0. The number of hydrogen-bond donors (Lipinski definition) is 0. The van der Waals surface area contributed by atoms with Crippen LogP contribution in [-0.4, -0.2) is 85.6 Å². The minimum atomic E-state index is -0.0448. The summed E-state index contributed by atoms with van der Waals surface area (Å²) in [5.74, 6) is 0. The van der Waals surface area contributed by atoms with E-state index in [1.165, 1.54) is 64.2 Å². The highest BCUT2D eigenvalue weighted by atomic mass is 16.7. The molecule has 0 aromatic carbocycles. The molecule has 204 valence electrons. The van der Waals surface area contributed by atoms with E-state index in [-0.39, 0.29) is 6.29 Å². The van der Waals surface area contributed by atoms with Crippen LogP contribution in [0.5, 0.6) is 0 Å².